The van der Waals surface area contributed by atoms with E-state index in [9.17, 15) is 14.0 Å². The summed E-state index contributed by atoms with van der Waals surface area (Å²) in [5.74, 6) is -1.86. The van der Waals surface area contributed by atoms with Crippen LogP contribution in [0.3, 0.4) is 0 Å². The normalized spacial score (nSPS) is 11.9. The molecule has 1 amide bonds. The average molecular weight is 225 g/mol. The molecule has 1 rings (SSSR count). The van der Waals surface area contributed by atoms with Gasteiger partial charge < -0.3 is 10.4 Å². The number of hydrogen-bond donors (Lipinski definition) is 2. The summed E-state index contributed by atoms with van der Waals surface area (Å²) in [7, 11) is 0. The van der Waals surface area contributed by atoms with Crippen molar-refractivity contribution in [2.45, 2.75) is 19.4 Å². The third-order valence-corrected chi connectivity index (χ3v) is 2.03. The fourth-order valence-electron chi connectivity index (χ4n) is 1.14. The van der Waals surface area contributed by atoms with Gasteiger partial charge in [-0.05, 0) is 24.6 Å². The van der Waals surface area contributed by atoms with Crippen LogP contribution in [0.15, 0.2) is 24.3 Å². The number of carboxylic acid groups (broad SMARTS) is 1. The first-order chi connectivity index (χ1) is 7.49. The van der Waals surface area contributed by atoms with Gasteiger partial charge in [0.1, 0.15) is 11.9 Å². The fraction of sp³-hybridized carbons (Fsp3) is 0.273. The smallest absolute Gasteiger partial charge is 0.325 e. The second-order valence-electron chi connectivity index (χ2n) is 3.43. The van der Waals surface area contributed by atoms with E-state index in [-0.39, 0.29) is 12.2 Å². The highest BCUT2D eigenvalue weighted by molar-refractivity contribution is 5.84. The molecule has 0 aliphatic heterocycles. The van der Waals surface area contributed by atoms with Crippen molar-refractivity contribution < 1.29 is 19.1 Å². The molecule has 16 heavy (non-hydrogen) atoms. The lowest BCUT2D eigenvalue weighted by Crippen LogP contribution is -2.39. The lowest BCUT2D eigenvalue weighted by Gasteiger charge is -2.08. The summed E-state index contributed by atoms with van der Waals surface area (Å²) in [6, 6.07) is 4.56. The Bertz CT molecular complexity index is 389. The van der Waals surface area contributed by atoms with Crippen molar-refractivity contribution >= 4 is 11.9 Å². The molecule has 1 aromatic rings. The Hall–Kier alpha value is -1.91. The van der Waals surface area contributed by atoms with Crippen molar-refractivity contribution in [2.75, 3.05) is 0 Å². The number of rotatable bonds is 4. The van der Waals surface area contributed by atoms with Crippen LogP contribution in [0.4, 0.5) is 4.39 Å². The van der Waals surface area contributed by atoms with Gasteiger partial charge in [0.05, 0.1) is 6.42 Å². The fourth-order valence-corrected chi connectivity index (χ4v) is 1.14. The van der Waals surface area contributed by atoms with Crippen LogP contribution in [0.2, 0.25) is 0 Å². The number of carboxylic acids is 1. The predicted octanol–water partition coefficient (Wildman–Crippen LogP) is 0.957. The number of benzene rings is 1. The molecule has 5 heteroatoms. The molecule has 0 radical (unpaired) electrons. The number of nitrogens with one attached hydrogen (secondary N) is 1. The SMILES string of the molecule is C[C@@H](NC(=O)Cc1ccc(F)cc1)C(=O)O. The first-order valence-corrected chi connectivity index (χ1v) is 4.75. The molecule has 0 spiro atoms. The Kier molecular flexibility index (Phi) is 3.99. The standard InChI is InChI=1S/C11H12FNO3/c1-7(11(15)16)13-10(14)6-8-2-4-9(12)5-3-8/h2-5,7H,6H2,1H3,(H,13,14)(H,15,16)/t7-/m1/s1. The van der Waals surface area contributed by atoms with Gasteiger partial charge in [0.2, 0.25) is 5.91 Å². The summed E-state index contributed by atoms with van der Waals surface area (Å²) in [5.41, 5.74) is 0.636. The van der Waals surface area contributed by atoms with Crippen LogP contribution >= 0.6 is 0 Å². The van der Waals surface area contributed by atoms with E-state index >= 15 is 0 Å². The molecule has 0 saturated carbocycles. The maximum absolute atomic E-state index is 12.6. The number of aliphatic carboxylic acids is 1. The van der Waals surface area contributed by atoms with Gasteiger partial charge in [-0.1, -0.05) is 12.1 Å². The van der Waals surface area contributed by atoms with Crippen LogP contribution < -0.4 is 5.32 Å². The van der Waals surface area contributed by atoms with E-state index in [4.69, 9.17) is 5.11 Å². The molecule has 0 aliphatic carbocycles. The Morgan fingerprint density at radius 3 is 2.44 bits per heavy atom. The largest absolute Gasteiger partial charge is 0.480 e. The van der Waals surface area contributed by atoms with Crippen molar-refractivity contribution in [1.29, 1.82) is 0 Å². The van der Waals surface area contributed by atoms with Crippen molar-refractivity contribution in [3.05, 3.63) is 35.6 Å². The van der Waals surface area contributed by atoms with Crippen LogP contribution in [0, 0.1) is 5.82 Å². The molecule has 1 aromatic carbocycles. The second kappa shape index (κ2) is 5.25. The molecule has 4 nitrogen and oxygen atoms in total. The van der Waals surface area contributed by atoms with E-state index in [1.54, 1.807) is 0 Å². The van der Waals surface area contributed by atoms with Crippen molar-refractivity contribution in [3.8, 4) is 0 Å². The number of halogens is 1. The first kappa shape index (κ1) is 12.2. The zero-order valence-corrected chi connectivity index (χ0v) is 8.74. The van der Waals surface area contributed by atoms with Crippen molar-refractivity contribution in [3.63, 3.8) is 0 Å². The molecule has 1 atom stereocenters. The number of carbonyl (C=O) groups excluding carboxylic acids is 1. The highest BCUT2D eigenvalue weighted by Crippen LogP contribution is 2.03. The minimum absolute atomic E-state index is 0.0396. The summed E-state index contributed by atoms with van der Waals surface area (Å²) < 4.78 is 12.6. The Balaban J connectivity index is 2.52. The third kappa shape index (κ3) is 3.68. The van der Waals surface area contributed by atoms with E-state index in [1.165, 1.54) is 31.2 Å². The molecule has 0 fully saturated rings. The molecular formula is C11H12FNO3. The van der Waals surface area contributed by atoms with Gasteiger partial charge in [0, 0.05) is 0 Å². The number of hydrogen-bond acceptors (Lipinski definition) is 2. The van der Waals surface area contributed by atoms with E-state index in [0.717, 1.165) is 0 Å². The lowest BCUT2D eigenvalue weighted by molar-refractivity contribution is -0.141. The molecule has 2 N–H and O–H groups in total. The first-order valence-electron chi connectivity index (χ1n) is 4.75. The maximum atomic E-state index is 12.6. The van der Waals surface area contributed by atoms with Gasteiger partial charge >= 0.3 is 5.97 Å². The summed E-state index contributed by atoms with van der Waals surface area (Å²) in [6.07, 6.45) is 0.0396. The van der Waals surface area contributed by atoms with Crippen LogP contribution in [0.5, 0.6) is 0 Å². The quantitative estimate of drug-likeness (QED) is 0.802. The van der Waals surface area contributed by atoms with Crippen LogP contribution in [-0.2, 0) is 16.0 Å². The molecule has 0 unspecified atom stereocenters. The van der Waals surface area contributed by atoms with Crippen molar-refractivity contribution in [2.24, 2.45) is 0 Å². The van der Waals surface area contributed by atoms with Crippen LogP contribution in [0.25, 0.3) is 0 Å². The molecule has 0 bridgehead atoms. The average Bonchev–Trinajstić information content (AvgIpc) is 2.21. The van der Waals surface area contributed by atoms with Gasteiger partial charge in [-0.2, -0.15) is 0 Å². The summed E-state index contributed by atoms with van der Waals surface area (Å²) >= 11 is 0. The predicted molar refractivity (Wildman–Crippen MR) is 55.3 cm³/mol. The second-order valence-corrected chi connectivity index (χ2v) is 3.43. The minimum Gasteiger partial charge on any atom is -0.480 e. The summed E-state index contributed by atoms with van der Waals surface area (Å²) in [4.78, 5) is 21.8. The van der Waals surface area contributed by atoms with Gasteiger partial charge in [-0.25, -0.2) is 4.39 Å². The highest BCUT2D eigenvalue weighted by atomic mass is 19.1. The van der Waals surface area contributed by atoms with Crippen LogP contribution in [0.1, 0.15) is 12.5 Å². The lowest BCUT2D eigenvalue weighted by atomic mass is 10.1. The summed E-state index contributed by atoms with van der Waals surface area (Å²) in [6.45, 7) is 1.38. The molecule has 0 saturated heterocycles. The molecule has 0 aromatic heterocycles. The summed E-state index contributed by atoms with van der Waals surface area (Å²) in [5, 5.41) is 10.9. The maximum Gasteiger partial charge on any atom is 0.325 e. The van der Waals surface area contributed by atoms with E-state index < -0.39 is 17.9 Å². The van der Waals surface area contributed by atoms with Crippen LogP contribution in [-0.4, -0.2) is 23.0 Å². The minimum atomic E-state index is -1.09. The number of carbonyl (C=O) groups is 2. The van der Waals surface area contributed by atoms with Gasteiger partial charge in [0.15, 0.2) is 0 Å². The van der Waals surface area contributed by atoms with Gasteiger partial charge in [-0.3, -0.25) is 9.59 Å². The number of amides is 1. The molecule has 86 valence electrons. The highest BCUT2D eigenvalue weighted by Gasteiger charge is 2.13. The zero-order valence-electron chi connectivity index (χ0n) is 8.74. The Morgan fingerprint density at radius 2 is 1.94 bits per heavy atom. The topological polar surface area (TPSA) is 66.4 Å². The van der Waals surface area contributed by atoms with Crippen molar-refractivity contribution in [1.82, 2.24) is 5.32 Å². The zero-order chi connectivity index (χ0) is 12.1. The molecular weight excluding hydrogens is 213 g/mol. The van der Waals surface area contributed by atoms with E-state index in [0.29, 0.717) is 5.56 Å². The van der Waals surface area contributed by atoms with Gasteiger partial charge in [0.25, 0.3) is 0 Å². The molecule has 0 aliphatic rings. The Labute approximate surface area is 92.1 Å². The monoisotopic (exact) mass is 225 g/mol. The Morgan fingerprint density at radius 1 is 1.38 bits per heavy atom. The third-order valence-electron chi connectivity index (χ3n) is 2.03. The molecule has 0 heterocycles. The van der Waals surface area contributed by atoms with E-state index in [2.05, 4.69) is 5.32 Å². The van der Waals surface area contributed by atoms with E-state index in [1.807, 2.05) is 0 Å². The van der Waals surface area contributed by atoms with Gasteiger partial charge in [-0.15, -0.1) is 0 Å².